The fourth-order valence-electron chi connectivity index (χ4n) is 5.26. The number of nitrogens with two attached hydrogens (primary N) is 2. The van der Waals surface area contributed by atoms with E-state index in [0.717, 1.165) is 0 Å². The van der Waals surface area contributed by atoms with Gasteiger partial charge in [-0.1, -0.05) is 0 Å². The average Bonchev–Trinajstić information content (AvgIpc) is 3.72. The Morgan fingerprint density at radius 3 is 2.43 bits per heavy atom. The molecule has 0 saturated carbocycles. The molecule has 0 aromatic carbocycles. The van der Waals surface area contributed by atoms with Gasteiger partial charge in [0.1, 0.15) is 30.2 Å². The van der Waals surface area contributed by atoms with Crippen LogP contribution in [0.2, 0.25) is 0 Å². The Morgan fingerprint density at radius 1 is 0.932 bits per heavy atom. The molecule has 4 aromatic rings. The van der Waals surface area contributed by atoms with E-state index < -0.39 is 68.6 Å². The van der Waals surface area contributed by atoms with E-state index in [4.69, 9.17) is 62.6 Å². The minimum absolute atomic E-state index is 0.0193. The first-order valence-electron chi connectivity index (χ1n) is 12.8. The number of anilines is 2. The van der Waals surface area contributed by atoms with Gasteiger partial charge in [0.25, 0.3) is 5.56 Å². The molecule has 2 bridgehead atoms. The fourth-order valence-corrected chi connectivity index (χ4v) is 8.16. The largest absolute Gasteiger partial charge is 0.382 e. The summed E-state index contributed by atoms with van der Waals surface area (Å²) in [6.45, 7) is -9.04. The summed E-state index contributed by atoms with van der Waals surface area (Å²) >= 11 is 10.5. The summed E-state index contributed by atoms with van der Waals surface area (Å²) in [4.78, 5) is 57.0. The third-order valence-corrected chi connectivity index (χ3v) is 10.3. The molecule has 24 heteroatoms. The van der Waals surface area contributed by atoms with Gasteiger partial charge in [-0.15, -0.1) is 0 Å². The van der Waals surface area contributed by atoms with Crippen LogP contribution < -0.4 is 17.0 Å². The first-order chi connectivity index (χ1) is 20.9. The highest BCUT2D eigenvalue weighted by molar-refractivity contribution is 8.07. The number of imidazole rings is 2. The second kappa shape index (κ2) is 11.0. The summed E-state index contributed by atoms with van der Waals surface area (Å²) in [6, 6.07) is 0. The first-order valence-corrected chi connectivity index (χ1v) is 18.0. The quantitative estimate of drug-likeness (QED) is 0.172. The van der Waals surface area contributed by atoms with E-state index in [1.54, 1.807) is 0 Å². The number of fused-ring (bicyclic) bond motifs is 5. The molecule has 9 atom stereocenters. The fraction of sp³-hybridized carbons (Fsp3) is 0.500. The van der Waals surface area contributed by atoms with Crippen molar-refractivity contribution < 1.29 is 41.7 Å². The molecule has 0 spiro atoms. The zero-order chi connectivity index (χ0) is 31.0. The van der Waals surface area contributed by atoms with Crippen LogP contribution in [0, 0.1) is 0 Å². The highest BCUT2D eigenvalue weighted by atomic mass is 32.5. The van der Waals surface area contributed by atoms with Crippen molar-refractivity contribution >= 4 is 71.1 Å². The molecule has 3 aliphatic heterocycles. The van der Waals surface area contributed by atoms with Crippen molar-refractivity contribution in [3.05, 3.63) is 29.3 Å². The van der Waals surface area contributed by atoms with Gasteiger partial charge >= 0.3 is 13.4 Å². The molecule has 0 aliphatic carbocycles. The smallest absolute Gasteiger partial charge is 0.325 e. The Kier molecular flexibility index (Phi) is 7.55. The Hall–Kier alpha value is -2.59. The van der Waals surface area contributed by atoms with Crippen molar-refractivity contribution in [2.45, 2.75) is 49.5 Å². The zero-order valence-electron chi connectivity index (χ0n) is 22.0. The van der Waals surface area contributed by atoms with E-state index in [9.17, 15) is 14.6 Å². The lowest BCUT2D eigenvalue weighted by Crippen LogP contribution is -2.34. The monoisotopic (exact) mass is 692 g/mol. The first kappa shape index (κ1) is 30.1. The zero-order valence-corrected chi connectivity index (χ0v) is 25.4. The van der Waals surface area contributed by atoms with Gasteiger partial charge in [0.2, 0.25) is 5.95 Å². The van der Waals surface area contributed by atoms with Crippen LogP contribution >= 0.6 is 13.4 Å². The summed E-state index contributed by atoms with van der Waals surface area (Å²) in [5.74, 6) is -0.0859. The van der Waals surface area contributed by atoms with E-state index in [0.29, 0.717) is 0 Å². The number of halogens is 1. The van der Waals surface area contributed by atoms with Crippen LogP contribution in [0.5, 0.6) is 0 Å². The lowest BCUT2D eigenvalue weighted by atomic mass is 10.1. The summed E-state index contributed by atoms with van der Waals surface area (Å²) in [5.41, 5.74) is 11.5. The molecule has 44 heavy (non-hydrogen) atoms. The number of ether oxygens (including phenoxy) is 2. The molecule has 3 saturated heterocycles. The number of nitrogens with one attached hydrogen (secondary N) is 1. The van der Waals surface area contributed by atoms with Gasteiger partial charge in [-0.05, 0) is 23.6 Å². The van der Waals surface area contributed by atoms with Gasteiger partial charge in [-0.3, -0.25) is 23.4 Å². The Morgan fingerprint density at radius 2 is 1.64 bits per heavy atom. The molecule has 3 fully saturated rings. The molecule has 5 unspecified atom stereocenters. The van der Waals surface area contributed by atoms with Gasteiger partial charge in [0.05, 0.1) is 32.0 Å². The van der Waals surface area contributed by atoms with Crippen LogP contribution in [0.1, 0.15) is 18.9 Å². The van der Waals surface area contributed by atoms with Crippen LogP contribution in [0.15, 0.2) is 23.8 Å². The lowest BCUT2D eigenvalue weighted by Gasteiger charge is -2.27. The molecule has 4 aromatic heterocycles. The van der Waals surface area contributed by atoms with Gasteiger partial charge in [0.15, 0.2) is 41.3 Å². The Balaban J connectivity index is 1.19. The van der Waals surface area contributed by atoms with Gasteiger partial charge < -0.3 is 44.3 Å². The van der Waals surface area contributed by atoms with Gasteiger partial charge in [-0.2, -0.15) is 4.98 Å². The average molecular weight is 693 g/mol. The van der Waals surface area contributed by atoms with Crippen LogP contribution in [0.4, 0.5) is 16.2 Å². The summed E-state index contributed by atoms with van der Waals surface area (Å²) < 4.78 is 53.3. The number of aromatic amines is 1. The number of hydrogen-bond donors (Lipinski definition) is 5. The SMILES string of the molecule is Nc1nc2c(ncn2[C@@H]2O[C@@H]3COP(O)(=S)O[C@@H]4C(COP(O)(=S)O[C@@H]2C3)OC(n2cnc3c(N)ncnc32)C4F)c(=O)[nH]1. The summed E-state index contributed by atoms with van der Waals surface area (Å²) in [5, 5.41) is 0. The van der Waals surface area contributed by atoms with E-state index in [1.807, 2.05) is 0 Å². The summed E-state index contributed by atoms with van der Waals surface area (Å²) in [7, 11) is 0. The van der Waals surface area contributed by atoms with E-state index in [1.165, 1.54) is 28.1 Å². The normalized spacial score (nSPS) is 36.6. The van der Waals surface area contributed by atoms with Crippen molar-refractivity contribution in [1.29, 1.82) is 0 Å². The third-order valence-electron chi connectivity index (χ3n) is 7.15. The maximum atomic E-state index is 16.0. The van der Waals surface area contributed by atoms with Gasteiger partial charge in [0, 0.05) is 6.42 Å². The van der Waals surface area contributed by atoms with Crippen molar-refractivity contribution in [3.8, 4) is 0 Å². The second-order valence-electron chi connectivity index (χ2n) is 9.99. The number of H-pyrrole nitrogens is 1. The van der Waals surface area contributed by atoms with Crippen molar-refractivity contribution in [2.75, 3.05) is 24.7 Å². The molecule has 19 nitrogen and oxygen atoms in total. The van der Waals surface area contributed by atoms with Crippen molar-refractivity contribution in [3.63, 3.8) is 0 Å². The Bertz CT molecular complexity index is 1910. The van der Waals surface area contributed by atoms with Crippen LogP contribution in [0.25, 0.3) is 22.3 Å². The maximum absolute atomic E-state index is 16.0. The van der Waals surface area contributed by atoms with E-state index in [-0.39, 0.29) is 47.1 Å². The topological polar surface area (TPSA) is 255 Å². The lowest BCUT2D eigenvalue weighted by molar-refractivity contribution is -0.0597. The number of nitrogen functional groups attached to an aromatic ring is 2. The molecule has 0 radical (unpaired) electrons. The highest BCUT2D eigenvalue weighted by Crippen LogP contribution is 2.54. The van der Waals surface area contributed by atoms with Crippen LogP contribution in [-0.2, 0) is 51.2 Å². The van der Waals surface area contributed by atoms with Gasteiger partial charge in [-0.25, -0.2) is 24.3 Å². The molecular weight excluding hydrogens is 669 g/mol. The van der Waals surface area contributed by atoms with Crippen molar-refractivity contribution in [2.24, 2.45) is 0 Å². The second-order valence-corrected chi connectivity index (χ2v) is 15.6. The maximum Gasteiger partial charge on any atom is 0.325 e. The minimum Gasteiger partial charge on any atom is -0.382 e. The van der Waals surface area contributed by atoms with E-state index in [2.05, 4.69) is 29.9 Å². The molecular formula is C20H23FN10O9P2S2. The van der Waals surface area contributed by atoms with E-state index >= 15 is 4.39 Å². The molecule has 0 amide bonds. The highest BCUT2D eigenvalue weighted by Gasteiger charge is 2.51. The number of aromatic nitrogens is 8. The molecule has 7 N–H and O–H groups in total. The van der Waals surface area contributed by atoms with Crippen LogP contribution in [-0.4, -0.2) is 92.6 Å². The third kappa shape index (κ3) is 5.44. The number of alkyl halides is 1. The number of rotatable bonds is 2. The predicted molar refractivity (Wildman–Crippen MR) is 154 cm³/mol. The molecule has 7 heterocycles. The molecule has 3 aliphatic rings. The summed E-state index contributed by atoms with van der Waals surface area (Å²) in [6.07, 6.45) is -5.14. The number of hydrogen-bond acceptors (Lipinski definition) is 16. The minimum atomic E-state index is -4.12. The molecule has 236 valence electrons. The number of nitrogens with zero attached hydrogens (tertiary/aromatic N) is 7. The standard InChI is InChI=1S/C20H23FN10O9P2S2/c21-10-13-9(38-19(10)30-5-26-11-14(22)24-4-25-15(11)30)3-36-41(33,43)39-8-1-7(2-35-42(34,44)40-13)37-18(8)31-6-27-12-16(31)28-20(23)29-17(12)32/h4-10,13,18-19H,1-3H2,(H,33,43)(H,34,44)(H2,22,24,25)(H3,23,28,29,32)/t7-,8+,9?,10?,13+,18+,19?,41?,42?/m0/s1. The van der Waals surface area contributed by atoms with Crippen LogP contribution in [0.3, 0.4) is 0 Å². The molecule has 7 rings (SSSR count). The van der Waals surface area contributed by atoms with Crippen molar-refractivity contribution in [1.82, 2.24) is 39.0 Å². The predicted octanol–water partition coefficient (Wildman–Crippen LogP) is -0.102. The Labute approximate surface area is 255 Å².